The van der Waals surface area contributed by atoms with E-state index in [0.717, 1.165) is 12.8 Å². The third kappa shape index (κ3) is 4.91. The lowest BCUT2D eigenvalue weighted by Crippen LogP contribution is -2.41. The van der Waals surface area contributed by atoms with Gasteiger partial charge in [0.1, 0.15) is 0 Å². The normalized spacial score (nSPS) is 18.5. The molecule has 0 aliphatic carbocycles. The van der Waals surface area contributed by atoms with Gasteiger partial charge in [-0.05, 0) is 47.8 Å². The number of ether oxygens (including phenoxy) is 2. The van der Waals surface area contributed by atoms with E-state index in [0.29, 0.717) is 41.1 Å². The highest BCUT2D eigenvalue weighted by molar-refractivity contribution is 9.10. The Morgan fingerprint density at radius 2 is 2.08 bits per heavy atom. The van der Waals surface area contributed by atoms with E-state index in [2.05, 4.69) is 15.9 Å². The SMILES string of the molecule is CCCCN(C(=O)c1cc(Br)c(OCC)c(OC)c1)C1CCS(=O)(=O)C1. The molecule has 26 heavy (non-hydrogen) atoms. The van der Waals surface area contributed by atoms with Gasteiger partial charge in [-0.1, -0.05) is 13.3 Å². The Bertz CT molecular complexity index is 750. The van der Waals surface area contributed by atoms with E-state index in [1.54, 1.807) is 17.0 Å². The zero-order valence-electron chi connectivity index (χ0n) is 15.5. The molecule has 0 radical (unpaired) electrons. The van der Waals surface area contributed by atoms with Gasteiger partial charge in [0, 0.05) is 18.2 Å². The van der Waals surface area contributed by atoms with Crippen LogP contribution in [0.3, 0.4) is 0 Å². The van der Waals surface area contributed by atoms with Crippen molar-refractivity contribution in [1.82, 2.24) is 4.90 Å². The Balaban J connectivity index is 2.34. The van der Waals surface area contributed by atoms with Gasteiger partial charge in [0.2, 0.25) is 0 Å². The molecule has 1 fully saturated rings. The van der Waals surface area contributed by atoms with Gasteiger partial charge in [0.15, 0.2) is 21.3 Å². The molecule has 0 N–H and O–H groups in total. The average Bonchev–Trinajstić information content (AvgIpc) is 2.96. The van der Waals surface area contributed by atoms with Gasteiger partial charge in [-0.25, -0.2) is 8.42 Å². The van der Waals surface area contributed by atoms with Crippen molar-refractivity contribution in [2.45, 2.75) is 39.2 Å². The molecule has 8 heteroatoms. The van der Waals surface area contributed by atoms with Crippen LogP contribution in [0.15, 0.2) is 16.6 Å². The predicted molar refractivity (Wildman–Crippen MR) is 105 cm³/mol. The smallest absolute Gasteiger partial charge is 0.254 e. The molecule has 146 valence electrons. The standard InChI is InChI=1S/C18H26BrNO5S/c1-4-6-8-20(14-7-9-26(22,23)12-14)18(21)13-10-15(19)17(25-5-2)16(11-13)24-3/h10-11,14H,4-9,12H2,1-3H3. The maximum absolute atomic E-state index is 13.2. The van der Waals surface area contributed by atoms with Crippen molar-refractivity contribution in [2.24, 2.45) is 0 Å². The Morgan fingerprint density at radius 3 is 2.62 bits per heavy atom. The summed E-state index contributed by atoms with van der Waals surface area (Å²) in [6, 6.07) is 3.09. The summed E-state index contributed by atoms with van der Waals surface area (Å²) >= 11 is 3.44. The lowest BCUT2D eigenvalue weighted by Gasteiger charge is -2.28. The zero-order chi connectivity index (χ0) is 19.3. The van der Waals surface area contributed by atoms with Crippen molar-refractivity contribution in [1.29, 1.82) is 0 Å². The van der Waals surface area contributed by atoms with Crippen molar-refractivity contribution in [3.63, 3.8) is 0 Å². The summed E-state index contributed by atoms with van der Waals surface area (Å²) < 4.78 is 35.3. The van der Waals surface area contributed by atoms with E-state index in [1.165, 1.54) is 7.11 Å². The summed E-state index contributed by atoms with van der Waals surface area (Å²) in [6.45, 7) is 4.94. The average molecular weight is 448 g/mol. The maximum atomic E-state index is 13.2. The van der Waals surface area contributed by atoms with Crippen LogP contribution in [-0.4, -0.2) is 57.0 Å². The second-order valence-corrected chi connectivity index (χ2v) is 9.41. The van der Waals surface area contributed by atoms with E-state index in [9.17, 15) is 13.2 Å². The fraction of sp³-hybridized carbons (Fsp3) is 0.611. The quantitative estimate of drug-likeness (QED) is 0.611. The van der Waals surface area contributed by atoms with Crippen molar-refractivity contribution in [2.75, 3.05) is 31.8 Å². The first kappa shape index (κ1) is 21.0. The largest absolute Gasteiger partial charge is 0.493 e. The monoisotopic (exact) mass is 447 g/mol. The highest BCUT2D eigenvalue weighted by Gasteiger charge is 2.35. The molecule has 1 aliphatic heterocycles. The highest BCUT2D eigenvalue weighted by Crippen LogP contribution is 2.37. The third-order valence-electron chi connectivity index (χ3n) is 4.43. The van der Waals surface area contributed by atoms with Crippen molar-refractivity contribution >= 4 is 31.7 Å². The van der Waals surface area contributed by atoms with Crippen LogP contribution in [0, 0.1) is 0 Å². The van der Waals surface area contributed by atoms with Gasteiger partial charge >= 0.3 is 0 Å². The van der Waals surface area contributed by atoms with Gasteiger partial charge in [-0.3, -0.25) is 4.79 Å². The van der Waals surface area contributed by atoms with Gasteiger partial charge in [-0.15, -0.1) is 0 Å². The third-order valence-corrected chi connectivity index (χ3v) is 6.77. The van der Waals surface area contributed by atoms with Gasteiger partial charge < -0.3 is 14.4 Å². The Kier molecular flexibility index (Phi) is 7.34. The topological polar surface area (TPSA) is 72.9 Å². The zero-order valence-corrected chi connectivity index (χ0v) is 17.9. The molecule has 6 nitrogen and oxygen atoms in total. The molecule has 1 heterocycles. The summed E-state index contributed by atoms with van der Waals surface area (Å²) in [6.07, 6.45) is 2.25. The molecule has 1 atom stereocenters. The molecular weight excluding hydrogens is 422 g/mol. The van der Waals surface area contributed by atoms with Crippen LogP contribution >= 0.6 is 15.9 Å². The number of halogens is 1. The van der Waals surface area contributed by atoms with E-state index in [1.807, 2.05) is 13.8 Å². The molecule has 0 saturated carbocycles. The highest BCUT2D eigenvalue weighted by atomic mass is 79.9. The van der Waals surface area contributed by atoms with Gasteiger partial charge in [0.25, 0.3) is 5.91 Å². The first-order chi connectivity index (χ1) is 12.3. The number of rotatable bonds is 8. The van der Waals surface area contributed by atoms with E-state index >= 15 is 0 Å². The molecule has 1 amide bonds. The van der Waals surface area contributed by atoms with E-state index < -0.39 is 9.84 Å². The molecular formula is C18H26BrNO5S. The predicted octanol–water partition coefficient (Wildman–Crippen LogP) is 3.29. The number of hydrogen-bond donors (Lipinski definition) is 0. The Labute approximate surface area is 163 Å². The molecule has 2 rings (SSSR count). The first-order valence-electron chi connectivity index (χ1n) is 8.84. The maximum Gasteiger partial charge on any atom is 0.254 e. The summed E-state index contributed by atoms with van der Waals surface area (Å²) in [5, 5.41) is 0. The van der Waals surface area contributed by atoms with Crippen LogP contribution in [0.5, 0.6) is 11.5 Å². The van der Waals surface area contributed by atoms with Crippen LogP contribution in [0.1, 0.15) is 43.5 Å². The summed E-state index contributed by atoms with van der Waals surface area (Å²) in [7, 11) is -1.54. The van der Waals surface area contributed by atoms with E-state index in [4.69, 9.17) is 9.47 Å². The Hall–Kier alpha value is -1.28. The van der Waals surface area contributed by atoms with Crippen LogP contribution in [0.25, 0.3) is 0 Å². The Morgan fingerprint density at radius 1 is 1.35 bits per heavy atom. The number of carbonyl (C=O) groups is 1. The number of hydrogen-bond acceptors (Lipinski definition) is 5. The lowest BCUT2D eigenvalue weighted by molar-refractivity contribution is 0.0693. The second-order valence-electron chi connectivity index (χ2n) is 6.33. The fourth-order valence-corrected chi connectivity index (χ4v) is 5.38. The summed E-state index contributed by atoms with van der Waals surface area (Å²) in [4.78, 5) is 14.9. The van der Waals surface area contributed by atoms with Gasteiger partial charge in [0.05, 0.1) is 29.7 Å². The van der Waals surface area contributed by atoms with Crippen molar-refractivity contribution in [3.8, 4) is 11.5 Å². The first-order valence-corrected chi connectivity index (χ1v) is 11.5. The minimum atomic E-state index is -3.06. The number of benzene rings is 1. The molecule has 0 spiro atoms. The number of amides is 1. The van der Waals surface area contributed by atoms with Crippen LogP contribution in [-0.2, 0) is 9.84 Å². The minimum absolute atomic E-state index is 0.0395. The van der Waals surface area contributed by atoms with Crippen LogP contribution in [0.4, 0.5) is 0 Å². The molecule has 0 aromatic heterocycles. The van der Waals surface area contributed by atoms with E-state index in [-0.39, 0.29) is 23.5 Å². The van der Waals surface area contributed by atoms with Crippen LogP contribution in [0.2, 0.25) is 0 Å². The van der Waals surface area contributed by atoms with Crippen LogP contribution < -0.4 is 9.47 Å². The number of nitrogens with zero attached hydrogens (tertiary/aromatic N) is 1. The number of methoxy groups -OCH3 is 1. The number of sulfone groups is 1. The summed E-state index contributed by atoms with van der Waals surface area (Å²) in [5.41, 5.74) is 0.456. The second kappa shape index (κ2) is 9.08. The minimum Gasteiger partial charge on any atom is -0.493 e. The van der Waals surface area contributed by atoms with Gasteiger partial charge in [-0.2, -0.15) is 0 Å². The molecule has 1 aliphatic rings. The van der Waals surface area contributed by atoms with Crippen molar-refractivity contribution < 1.29 is 22.7 Å². The lowest BCUT2D eigenvalue weighted by atomic mass is 10.1. The molecule has 0 bridgehead atoms. The number of carbonyl (C=O) groups excluding carboxylic acids is 1. The fourth-order valence-electron chi connectivity index (χ4n) is 3.09. The molecule has 1 aromatic rings. The molecule has 1 unspecified atom stereocenters. The van der Waals surface area contributed by atoms with Crippen molar-refractivity contribution in [3.05, 3.63) is 22.2 Å². The number of unbranched alkanes of at least 4 members (excludes halogenated alkanes) is 1. The summed E-state index contributed by atoms with van der Waals surface area (Å²) in [5.74, 6) is 1.03. The molecule has 1 saturated heterocycles. The molecule has 1 aromatic carbocycles.